The fourth-order valence-corrected chi connectivity index (χ4v) is 6.76. The molecule has 0 fully saturated rings. The molecule has 0 aromatic heterocycles. The molecule has 0 saturated carbocycles. The van der Waals surface area contributed by atoms with Crippen LogP contribution in [0.15, 0.2) is 109 Å². The van der Waals surface area contributed by atoms with Crippen molar-refractivity contribution in [3.05, 3.63) is 109 Å². The third kappa shape index (κ3) is 49.1. The molecule has 0 radical (unpaired) electrons. The van der Waals surface area contributed by atoms with Gasteiger partial charge in [0.25, 0.3) is 0 Å². The van der Waals surface area contributed by atoms with Crippen LogP contribution in [0.2, 0.25) is 0 Å². The molecule has 64 heavy (non-hydrogen) atoms. The molecule has 0 aliphatic heterocycles. The molecule has 0 heterocycles. The van der Waals surface area contributed by atoms with E-state index in [1.54, 1.807) is 0 Å². The van der Waals surface area contributed by atoms with E-state index in [9.17, 15) is 14.4 Å². The van der Waals surface area contributed by atoms with Crippen molar-refractivity contribution in [1.29, 1.82) is 0 Å². The summed E-state index contributed by atoms with van der Waals surface area (Å²) in [6.45, 7) is 6.35. The number of unbranched alkanes of at least 4 members (excludes halogenated alkanes) is 22. The highest BCUT2D eigenvalue weighted by atomic mass is 16.6. The zero-order valence-corrected chi connectivity index (χ0v) is 41.3. The molecule has 6 nitrogen and oxygen atoms in total. The number of allylic oxidation sites excluding steroid dienone is 18. The zero-order chi connectivity index (χ0) is 46.5. The van der Waals surface area contributed by atoms with Crippen LogP contribution in [0.25, 0.3) is 0 Å². The predicted molar refractivity (Wildman–Crippen MR) is 274 cm³/mol. The predicted octanol–water partition coefficient (Wildman–Crippen LogP) is 17.1. The van der Waals surface area contributed by atoms with Gasteiger partial charge in [-0.1, -0.05) is 226 Å². The van der Waals surface area contributed by atoms with E-state index in [1.807, 2.05) is 24.3 Å². The normalized spacial score (nSPS) is 13.0. The molecule has 1 atom stereocenters. The van der Waals surface area contributed by atoms with Crippen molar-refractivity contribution in [3.8, 4) is 0 Å². The first-order valence-electron chi connectivity index (χ1n) is 26.0. The van der Waals surface area contributed by atoms with E-state index in [1.165, 1.54) is 64.2 Å². The van der Waals surface area contributed by atoms with E-state index in [-0.39, 0.29) is 31.1 Å². The molecule has 362 valence electrons. The number of carbonyl (C=O) groups excluding carboxylic acids is 3. The average molecular weight is 887 g/mol. The molecule has 0 saturated heterocycles. The van der Waals surface area contributed by atoms with Crippen molar-refractivity contribution in [2.75, 3.05) is 13.2 Å². The number of ether oxygens (including phenoxy) is 3. The van der Waals surface area contributed by atoms with Gasteiger partial charge in [-0.25, -0.2) is 0 Å². The Kier molecular flexibility index (Phi) is 48.5. The van der Waals surface area contributed by atoms with E-state index in [2.05, 4.69) is 106 Å². The highest BCUT2D eigenvalue weighted by Gasteiger charge is 2.19. The van der Waals surface area contributed by atoms with Crippen molar-refractivity contribution >= 4 is 17.9 Å². The molecular formula is C58H94O6. The van der Waals surface area contributed by atoms with E-state index in [0.29, 0.717) is 19.3 Å². The van der Waals surface area contributed by atoms with Gasteiger partial charge in [-0.3, -0.25) is 14.4 Å². The van der Waals surface area contributed by atoms with Gasteiger partial charge in [0.15, 0.2) is 6.10 Å². The Labute approximate surface area is 393 Å². The smallest absolute Gasteiger partial charge is 0.306 e. The van der Waals surface area contributed by atoms with Crippen LogP contribution >= 0.6 is 0 Å². The average Bonchev–Trinajstić information content (AvgIpc) is 3.29. The Morgan fingerprint density at radius 2 is 0.656 bits per heavy atom. The molecule has 0 aliphatic rings. The number of carbonyl (C=O) groups is 3. The summed E-state index contributed by atoms with van der Waals surface area (Å²) in [6, 6.07) is 0. The highest BCUT2D eigenvalue weighted by Crippen LogP contribution is 2.14. The van der Waals surface area contributed by atoms with Crippen LogP contribution < -0.4 is 0 Å². The van der Waals surface area contributed by atoms with E-state index >= 15 is 0 Å². The molecule has 6 heteroatoms. The van der Waals surface area contributed by atoms with Crippen LogP contribution in [0, 0.1) is 0 Å². The molecule has 0 bridgehead atoms. The minimum atomic E-state index is -0.803. The lowest BCUT2D eigenvalue weighted by Crippen LogP contribution is -2.30. The van der Waals surface area contributed by atoms with E-state index in [4.69, 9.17) is 14.2 Å². The minimum Gasteiger partial charge on any atom is -0.462 e. The molecule has 0 amide bonds. The van der Waals surface area contributed by atoms with Crippen molar-refractivity contribution < 1.29 is 28.6 Å². The number of hydrogen-bond donors (Lipinski definition) is 0. The lowest BCUT2D eigenvalue weighted by Gasteiger charge is -2.18. The van der Waals surface area contributed by atoms with Gasteiger partial charge in [-0.05, 0) is 83.5 Å². The van der Waals surface area contributed by atoms with Gasteiger partial charge in [-0.2, -0.15) is 0 Å². The summed E-state index contributed by atoms with van der Waals surface area (Å²) < 4.78 is 16.8. The summed E-state index contributed by atoms with van der Waals surface area (Å²) in [4.78, 5) is 38.0. The van der Waals surface area contributed by atoms with E-state index in [0.717, 1.165) is 116 Å². The van der Waals surface area contributed by atoms with Crippen molar-refractivity contribution in [2.24, 2.45) is 0 Å². The molecular weight excluding hydrogens is 793 g/mol. The third-order valence-electron chi connectivity index (χ3n) is 10.7. The second kappa shape index (κ2) is 51.7. The maximum atomic E-state index is 12.8. The van der Waals surface area contributed by atoms with Crippen LogP contribution in [0.3, 0.4) is 0 Å². The molecule has 0 aromatic rings. The van der Waals surface area contributed by atoms with Crippen LogP contribution in [-0.4, -0.2) is 37.2 Å². The Bertz CT molecular complexity index is 1340. The standard InChI is InChI=1S/C58H94O6/c1-4-7-10-13-16-19-22-25-27-28-29-31-33-36-39-42-45-48-51-57(60)63-54-55(53-62-56(59)50-47-44-41-38-35-32-24-21-18-15-12-9-6-3)64-58(61)52-49-46-43-40-37-34-30-26-23-20-17-14-11-8-5-2/h8,10-11,13-14,16-17,19-20,22-23,25,27-29,31-32,35,55H,4-7,9,12,15,18,21,24,26,30,33-34,36-54H2,1-3H3/b11-8-,13-10-,17-14-,19-16-,23-20-,25-22-,28-27-,31-29-,35-32-. The first-order valence-corrected chi connectivity index (χ1v) is 26.0. The SMILES string of the molecule is CC\C=C/C=C\C=C/CCCCCCCCCC(=O)OC(COC(=O)CCCCC/C=C\CCCCCCCC)COC(=O)CCCCCCC\C=C/C=C\C=C/C=C\C=C/CCC. The fraction of sp³-hybridized carbons (Fsp3) is 0.638. The van der Waals surface area contributed by atoms with Gasteiger partial charge in [0.05, 0.1) is 0 Å². The number of esters is 3. The Hall–Kier alpha value is -3.93. The largest absolute Gasteiger partial charge is 0.462 e. The Balaban J connectivity index is 4.49. The van der Waals surface area contributed by atoms with Gasteiger partial charge in [-0.15, -0.1) is 0 Å². The van der Waals surface area contributed by atoms with Gasteiger partial charge >= 0.3 is 17.9 Å². The van der Waals surface area contributed by atoms with Crippen LogP contribution in [-0.2, 0) is 28.6 Å². The quantitative estimate of drug-likeness (QED) is 0.0199. The second-order valence-corrected chi connectivity index (χ2v) is 16.9. The molecule has 0 aliphatic carbocycles. The molecule has 0 spiro atoms. The van der Waals surface area contributed by atoms with Gasteiger partial charge in [0.2, 0.25) is 0 Å². The topological polar surface area (TPSA) is 78.9 Å². The van der Waals surface area contributed by atoms with E-state index < -0.39 is 6.10 Å². The maximum absolute atomic E-state index is 12.8. The summed E-state index contributed by atoms with van der Waals surface area (Å²) in [7, 11) is 0. The Morgan fingerprint density at radius 1 is 0.328 bits per heavy atom. The van der Waals surface area contributed by atoms with Crippen molar-refractivity contribution in [2.45, 2.75) is 226 Å². The number of hydrogen-bond acceptors (Lipinski definition) is 6. The second-order valence-electron chi connectivity index (χ2n) is 16.9. The summed E-state index contributed by atoms with van der Waals surface area (Å²) in [5.41, 5.74) is 0. The summed E-state index contributed by atoms with van der Waals surface area (Å²) >= 11 is 0. The summed E-state index contributed by atoms with van der Waals surface area (Å²) in [5, 5.41) is 0. The van der Waals surface area contributed by atoms with Gasteiger partial charge in [0.1, 0.15) is 13.2 Å². The van der Waals surface area contributed by atoms with Gasteiger partial charge < -0.3 is 14.2 Å². The minimum absolute atomic E-state index is 0.101. The first-order chi connectivity index (χ1) is 31.5. The lowest BCUT2D eigenvalue weighted by atomic mass is 10.1. The summed E-state index contributed by atoms with van der Waals surface area (Å²) in [5.74, 6) is -0.959. The highest BCUT2D eigenvalue weighted by molar-refractivity contribution is 5.71. The Morgan fingerprint density at radius 3 is 1.08 bits per heavy atom. The molecule has 0 N–H and O–H groups in total. The maximum Gasteiger partial charge on any atom is 0.306 e. The van der Waals surface area contributed by atoms with Crippen molar-refractivity contribution in [3.63, 3.8) is 0 Å². The van der Waals surface area contributed by atoms with Crippen LogP contribution in [0.4, 0.5) is 0 Å². The molecule has 1 unspecified atom stereocenters. The molecule has 0 rings (SSSR count). The fourth-order valence-electron chi connectivity index (χ4n) is 6.76. The third-order valence-corrected chi connectivity index (χ3v) is 10.7. The zero-order valence-electron chi connectivity index (χ0n) is 41.3. The van der Waals surface area contributed by atoms with Crippen LogP contribution in [0.1, 0.15) is 220 Å². The molecule has 0 aromatic carbocycles. The monoisotopic (exact) mass is 887 g/mol. The lowest BCUT2D eigenvalue weighted by molar-refractivity contribution is -0.167. The van der Waals surface area contributed by atoms with Crippen LogP contribution in [0.5, 0.6) is 0 Å². The van der Waals surface area contributed by atoms with Crippen molar-refractivity contribution in [1.82, 2.24) is 0 Å². The first kappa shape index (κ1) is 60.1. The summed E-state index contributed by atoms with van der Waals surface area (Å²) in [6.07, 6.45) is 69.2. The van der Waals surface area contributed by atoms with Gasteiger partial charge in [0, 0.05) is 19.3 Å². The number of rotatable bonds is 45.